The van der Waals surface area contributed by atoms with E-state index < -0.39 is 0 Å². The van der Waals surface area contributed by atoms with Crippen molar-refractivity contribution in [1.29, 1.82) is 0 Å². The first-order valence-corrected chi connectivity index (χ1v) is 6.78. The molecule has 3 rings (SSSR count). The smallest absolute Gasteiger partial charge is 0.232 e. The molecular weight excluding hydrogens is 309 g/mol. The van der Waals surface area contributed by atoms with Crippen LogP contribution in [0, 0.1) is 5.82 Å². The van der Waals surface area contributed by atoms with Gasteiger partial charge >= 0.3 is 0 Å². The fourth-order valence-corrected chi connectivity index (χ4v) is 2.65. The number of rotatable bonds is 2. The summed E-state index contributed by atoms with van der Waals surface area (Å²) in [6.45, 7) is 0. The highest BCUT2D eigenvalue weighted by Gasteiger charge is 2.31. The third kappa shape index (κ3) is 2.28. The zero-order valence-electron chi connectivity index (χ0n) is 9.99. The molecule has 0 bridgehead atoms. The fraction of sp³-hybridized carbons (Fsp3) is 0.133. The minimum Gasteiger partial charge on any atom is -0.324 e. The molecule has 0 aliphatic heterocycles. The van der Waals surface area contributed by atoms with Crippen molar-refractivity contribution in [2.45, 2.75) is 12.3 Å². The number of nitrogens with one attached hydrogen (secondary N) is 1. The van der Waals surface area contributed by atoms with Gasteiger partial charge in [-0.15, -0.1) is 0 Å². The van der Waals surface area contributed by atoms with Gasteiger partial charge < -0.3 is 5.32 Å². The molecule has 0 radical (unpaired) electrons. The molecule has 0 aromatic heterocycles. The molecule has 2 aromatic carbocycles. The standard InChI is InChI=1S/C15H11BrFNO/c16-13-6-5-10(17)8-14(13)18-15(19)12-7-9-3-1-2-4-11(9)12/h1-6,8,12H,7H2,(H,18,19). The summed E-state index contributed by atoms with van der Waals surface area (Å²) in [5.41, 5.74) is 2.74. The van der Waals surface area contributed by atoms with E-state index >= 15 is 0 Å². The third-order valence-corrected chi connectivity index (χ3v) is 4.05. The number of halogens is 2. The number of benzene rings is 2. The van der Waals surface area contributed by atoms with Crippen LogP contribution >= 0.6 is 15.9 Å². The van der Waals surface area contributed by atoms with Crippen molar-refractivity contribution in [1.82, 2.24) is 0 Å². The molecule has 96 valence electrons. The van der Waals surface area contributed by atoms with Crippen LogP contribution in [0.3, 0.4) is 0 Å². The molecule has 1 aliphatic carbocycles. The normalized spacial score (nSPS) is 16.4. The first kappa shape index (κ1) is 12.4. The summed E-state index contributed by atoms with van der Waals surface area (Å²) in [6, 6.07) is 12.1. The van der Waals surface area contributed by atoms with E-state index in [-0.39, 0.29) is 17.6 Å². The molecule has 4 heteroatoms. The van der Waals surface area contributed by atoms with Crippen LogP contribution in [0.15, 0.2) is 46.9 Å². The van der Waals surface area contributed by atoms with Crippen molar-refractivity contribution in [3.8, 4) is 0 Å². The van der Waals surface area contributed by atoms with Crippen LogP contribution in [-0.4, -0.2) is 5.91 Å². The Morgan fingerprint density at radius 3 is 2.84 bits per heavy atom. The molecule has 0 heterocycles. The number of fused-ring (bicyclic) bond motifs is 1. The van der Waals surface area contributed by atoms with Gasteiger partial charge in [-0.05, 0) is 51.7 Å². The predicted molar refractivity (Wildman–Crippen MR) is 75.6 cm³/mol. The van der Waals surface area contributed by atoms with Gasteiger partial charge in [0, 0.05) is 4.47 Å². The summed E-state index contributed by atoms with van der Waals surface area (Å²) in [5.74, 6) is -0.594. The Bertz CT molecular complexity index is 656. The molecule has 0 saturated heterocycles. The maximum atomic E-state index is 13.2. The van der Waals surface area contributed by atoms with Crippen LogP contribution in [0.5, 0.6) is 0 Å². The molecule has 0 fully saturated rings. The number of anilines is 1. The van der Waals surface area contributed by atoms with E-state index in [4.69, 9.17) is 0 Å². The van der Waals surface area contributed by atoms with Gasteiger partial charge in [-0.2, -0.15) is 0 Å². The fourth-order valence-electron chi connectivity index (χ4n) is 2.31. The molecule has 19 heavy (non-hydrogen) atoms. The van der Waals surface area contributed by atoms with Gasteiger partial charge in [0.25, 0.3) is 0 Å². The van der Waals surface area contributed by atoms with E-state index in [0.717, 1.165) is 12.0 Å². The largest absolute Gasteiger partial charge is 0.324 e. The highest BCUT2D eigenvalue weighted by atomic mass is 79.9. The van der Waals surface area contributed by atoms with Gasteiger partial charge in [-0.25, -0.2) is 4.39 Å². The number of carbonyl (C=O) groups excluding carboxylic acids is 1. The number of hydrogen-bond donors (Lipinski definition) is 1. The molecule has 0 saturated carbocycles. The summed E-state index contributed by atoms with van der Waals surface area (Å²) in [7, 11) is 0. The highest BCUT2D eigenvalue weighted by Crippen LogP contribution is 2.36. The van der Waals surface area contributed by atoms with E-state index in [1.807, 2.05) is 24.3 Å². The lowest BCUT2D eigenvalue weighted by molar-refractivity contribution is -0.118. The first-order chi connectivity index (χ1) is 9.15. The zero-order chi connectivity index (χ0) is 13.4. The maximum absolute atomic E-state index is 13.2. The number of amides is 1. The van der Waals surface area contributed by atoms with Gasteiger partial charge in [0.15, 0.2) is 0 Å². The second kappa shape index (κ2) is 4.78. The van der Waals surface area contributed by atoms with Gasteiger partial charge in [0.05, 0.1) is 11.6 Å². The lowest BCUT2D eigenvalue weighted by atomic mass is 9.77. The molecule has 1 amide bonds. The average Bonchev–Trinajstić information content (AvgIpc) is 2.35. The molecule has 0 spiro atoms. The van der Waals surface area contributed by atoms with Crippen molar-refractivity contribution < 1.29 is 9.18 Å². The molecule has 1 N–H and O–H groups in total. The van der Waals surface area contributed by atoms with Crippen LogP contribution in [0.25, 0.3) is 0 Å². The zero-order valence-corrected chi connectivity index (χ0v) is 11.6. The molecule has 1 aliphatic rings. The Morgan fingerprint density at radius 1 is 1.26 bits per heavy atom. The minimum atomic E-state index is -0.368. The average molecular weight is 320 g/mol. The van der Waals surface area contributed by atoms with E-state index in [9.17, 15) is 9.18 Å². The lowest BCUT2D eigenvalue weighted by Gasteiger charge is -2.29. The predicted octanol–water partition coefficient (Wildman–Crippen LogP) is 3.87. The second-order valence-corrected chi connectivity index (χ2v) is 5.42. The van der Waals surface area contributed by atoms with E-state index in [1.165, 1.54) is 17.7 Å². The Labute approximate surface area is 118 Å². The van der Waals surface area contributed by atoms with Crippen LogP contribution in [0.1, 0.15) is 17.0 Å². The maximum Gasteiger partial charge on any atom is 0.232 e. The lowest BCUT2D eigenvalue weighted by Crippen LogP contribution is -2.30. The summed E-state index contributed by atoms with van der Waals surface area (Å²) < 4.78 is 13.8. The van der Waals surface area contributed by atoms with Gasteiger partial charge in [0.2, 0.25) is 5.91 Å². The van der Waals surface area contributed by atoms with Crippen LogP contribution in [0.4, 0.5) is 10.1 Å². The van der Waals surface area contributed by atoms with Gasteiger partial charge in [-0.3, -0.25) is 4.79 Å². The number of carbonyl (C=O) groups is 1. The SMILES string of the molecule is O=C(Nc1cc(F)ccc1Br)C1Cc2ccccc21. The van der Waals surface area contributed by atoms with E-state index in [0.29, 0.717) is 10.2 Å². The molecule has 2 aromatic rings. The van der Waals surface area contributed by atoms with Crippen molar-refractivity contribution in [3.63, 3.8) is 0 Å². The monoisotopic (exact) mass is 319 g/mol. The molecule has 1 unspecified atom stereocenters. The van der Waals surface area contributed by atoms with Crippen molar-refractivity contribution in [2.75, 3.05) is 5.32 Å². The van der Waals surface area contributed by atoms with Crippen LogP contribution in [0.2, 0.25) is 0 Å². The molecule has 2 nitrogen and oxygen atoms in total. The minimum absolute atomic E-state index is 0.0926. The van der Waals surface area contributed by atoms with Crippen molar-refractivity contribution in [3.05, 3.63) is 63.9 Å². The molecular formula is C15H11BrFNO. The second-order valence-electron chi connectivity index (χ2n) is 4.57. The Morgan fingerprint density at radius 2 is 2.05 bits per heavy atom. The summed E-state index contributed by atoms with van der Waals surface area (Å²) >= 11 is 3.30. The van der Waals surface area contributed by atoms with Crippen molar-refractivity contribution >= 4 is 27.5 Å². The van der Waals surface area contributed by atoms with Gasteiger partial charge in [0.1, 0.15) is 5.82 Å². The quantitative estimate of drug-likeness (QED) is 0.894. The van der Waals surface area contributed by atoms with Crippen LogP contribution < -0.4 is 5.32 Å². The summed E-state index contributed by atoms with van der Waals surface area (Å²) in [5, 5.41) is 2.77. The molecule has 1 atom stereocenters. The van der Waals surface area contributed by atoms with E-state index in [1.54, 1.807) is 6.07 Å². The van der Waals surface area contributed by atoms with Crippen LogP contribution in [-0.2, 0) is 11.2 Å². The summed E-state index contributed by atoms with van der Waals surface area (Å²) in [4.78, 5) is 12.2. The first-order valence-electron chi connectivity index (χ1n) is 5.99. The number of hydrogen-bond acceptors (Lipinski definition) is 1. The van der Waals surface area contributed by atoms with E-state index in [2.05, 4.69) is 21.2 Å². The Balaban J connectivity index is 1.79. The topological polar surface area (TPSA) is 29.1 Å². The van der Waals surface area contributed by atoms with Gasteiger partial charge in [-0.1, -0.05) is 24.3 Å². The highest BCUT2D eigenvalue weighted by molar-refractivity contribution is 9.10. The Hall–Kier alpha value is -1.68. The Kier molecular flexibility index (Phi) is 3.11. The third-order valence-electron chi connectivity index (χ3n) is 3.36. The summed E-state index contributed by atoms with van der Waals surface area (Å²) in [6.07, 6.45) is 0.745. The van der Waals surface area contributed by atoms with Crippen molar-refractivity contribution in [2.24, 2.45) is 0 Å².